The van der Waals surface area contributed by atoms with Crippen molar-refractivity contribution in [2.75, 3.05) is 0 Å². The molecule has 1 rings (SSSR count). The van der Waals surface area contributed by atoms with E-state index in [1.165, 1.54) is 19.2 Å². The summed E-state index contributed by atoms with van der Waals surface area (Å²) >= 11 is 11.3. The Labute approximate surface area is 90.0 Å². The van der Waals surface area contributed by atoms with Crippen molar-refractivity contribution in [3.8, 4) is 0 Å². The third-order valence-electron chi connectivity index (χ3n) is 1.77. The average molecular weight is 241 g/mol. The van der Waals surface area contributed by atoms with Crippen LogP contribution in [0.5, 0.6) is 0 Å². The predicted molar refractivity (Wildman–Crippen MR) is 51.8 cm³/mol. The average Bonchev–Trinajstić information content (AvgIpc) is 2.02. The van der Waals surface area contributed by atoms with Gasteiger partial charge in [0.15, 0.2) is 0 Å². The van der Waals surface area contributed by atoms with Crippen molar-refractivity contribution in [1.82, 2.24) is 4.98 Å². The molecule has 0 amide bonds. The minimum Gasteiger partial charge on any atom is -0.316 e. The standard InChI is InChI=1S/C8H8Cl2F2N2/c1-8(13,7(11)12)6-5(10)2-4(9)3-14-6/h2-3,7H,13H2,1H3. The summed E-state index contributed by atoms with van der Waals surface area (Å²) in [5.74, 6) is 0. The molecule has 1 aromatic rings. The van der Waals surface area contributed by atoms with Gasteiger partial charge in [-0.3, -0.25) is 4.98 Å². The predicted octanol–water partition coefficient (Wildman–Crippen LogP) is 2.83. The Bertz CT molecular complexity index is 342. The highest BCUT2D eigenvalue weighted by atomic mass is 35.5. The lowest BCUT2D eigenvalue weighted by Crippen LogP contribution is -2.41. The van der Waals surface area contributed by atoms with Crippen molar-refractivity contribution in [2.24, 2.45) is 5.73 Å². The minimum atomic E-state index is -2.74. The molecule has 0 spiro atoms. The van der Waals surface area contributed by atoms with Crippen molar-refractivity contribution in [1.29, 1.82) is 0 Å². The summed E-state index contributed by atoms with van der Waals surface area (Å²) in [6.07, 6.45) is -1.51. The van der Waals surface area contributed by atoms with E-state index in [-0.39, 0.29) is 15.7 Å². The topological polar surface area (TPSA) is 38.9 Å². The summed E-state index contributed by atoms with van der Waals surface area (Å²) in [6, 6.07) is 1.33. The number of alkyl halides is 2. The van der Waals surface area contributed by atoms with Gasteiger partial charge in [-0.1, -0.05) is 23.2 Å². The second kappa shape index (κ2) is 3.96. The highest BCUT2D eigenvalue weighted by Crippen LogP contribution is 2.30. The quantitative estimate of drug-likeness (QED) is 0.864. The lowest BCUT2D eigenvalue weighted by atomic mass is 9.99. The molecular weight excluding hydrogens is 233 g/mol. The van der Waals surface area contributed by atoms with E-state index in [1.807, 2.05) is 0 Å². The summed E-state index contributed by atoms with van der Waals surface area (Å²) in [4.78, 5) is 3.70. The molecule has 0 saturated carbocycles. The van der Waals surface area contributed by atoms with Gasteiger partial charge in [-0.05, 0) is 13.0 Å². The van der Waals surface area contributed by atoms with Gasteiger partial charge in [-0.25, -0.2) is 8.78 Å². The molecule has 0 aromatic carbocycles. The van der Waals surface area contributed by atoms with Crippen LogP contribution < -0.4 is 5.73 Å². The SMILES string of the molecule is CC(N)(c1ncc(Cl)cc1Cl)C(F)F. The van der Waals surface area contributed by atoms with E-state index in [9.17, 15) is 8.78 Å². The molecule has 78 valence electrons. The molecule has 14 heavy (non-hydrogen) atoms. The third kappa shape index (κ3) is 2.13. The van der Waals surface area contributed by atoms with Gasteiger partial charge in [-0.2, -0.15) is 0 Å². The molecular formula is C8H8Cl2F2N2. The maximum Gasteiger partial charge on any atom is 0.261 e. The maximum atomic E-state index is 12.5. The number of pyridine rings is 1. The number of rotatable bonds is 2. The number of nitrogens with two attached hydrogens (primary N) is 1. The van der Waals surface area contributed by atoms with E-state index in [0.29, 0.717) is 0 Å². The Balaban J connectivity index is 3.19. The van der Waals surface area contributed by atoms with Crippen molar-refractivity contribution < 1.29 is 8.78 Å². The molecule has 0 radical (unpaired) electrons. The Kier molecular flexibility index (Phi) is 3.29. The number of aromatic nitrogens is 1. The summed E-state index contributed by atoms with van der Waals surface area (Å²) in [5.41, 5.74) is 3.48. The molecule has 0 fully saturated rings. The molecule has 0 aliphatic rings. The Hall–Kier alpha value is -0.450. The smallest absolute Gasteiger partial charge is 0.261 e. The fourth-order valence-electron chi connectivity index (χ4n) is 0.914. The van der Waals surface area contributed by atoms with Gasteiger partial charge in [0.05, 0.1) is 15.7 Å². The van der Waals surface area contributed by atoms with Crippen LogP contribution in [0.4, 0.5) is 8.78 Å². The first kappa shape index (κ1) is 11.6. The first-order chi connectivity index (χ1) is 6.35. The van der Waals surface area contributed by atoms with Gasteiger partial charge >= 0.3 is 0 Å². The van der Waals surface area contributed by atoms with Crippen LogP contribution in [-0.4, -0.2) is 11.4 Å². The Morgan fingerprint density at radius 3 is 2.50 bits per heavy atom. The summed E-state index contributed by atoms with van der Waals surface area (Å²) in [6.45, 7) is 1.17. The first-order valence-corrected chi connectivity index (χ1v) is 4.50. The van der Waals surface area contributed by atoms with Gasteiger partial charge in [0, 0.05) is 6.20 Å². The van der Waals surface area contributed by atoms with Crippen LogP contribution in [-0.2, 0) is 5.54 Å². The molecule has 1 atom stereocenters. The Morgan fingerprint density at radius 2 is 2.07 bits per heavy atom. The van der Waals surface area contributed by atoms with Crippen LogP contribution in [0.2, 0.25) is 10.0 Å². The number of nitrogens with zero attached hydrogens (tertiary/aromatic N) is 1. The summed E-state index contributed by atoms with van der Waals surface area (Å²) in [7, 11) is 0. The fraction of sp³-hybridized carbons (Fsp3) is 0.375. The molecule has 1 heterocycles. The third-order valence-corrected chi connectivity index (χ3v) is 2.27. The zero-order chi connectivity index (χ0) is 10.9. The van der Waals surface area contributed by atoms with E-state index in [0.717, 1.165) is 0 Å². The summed E-state index contributed by atoms with van der Waals surface area (Å²) < 4.78 is 25.0. The number of hydrogen-bond acceptors (Lipinski definition) is 2. The second-order valence-corrected chi connectivity index (χ2v) is 3.91. The monoisotopic (exact) mass is 240 g/mol. The molecule has 0 aliphatic carbocycles. The first-order valence-electron chi connectivity index (χ1n) is 3.74. The van der Waals surface area contributed by atoms with Gasteiger partial charge in [0.2, 0.25) is 0 Å². The molecule has 6 heteroatoms. The van der Waals surface area contributed by atoms with E-state index < -0.39 is 12.0 Å². The van der Waals surface area contributed by atoms with Crippen LogP contribution in [0, 0.1) is 0 Å². The Morgan fingerprint density at radius 1 is 1.50 bits per heavy atom. The lowest BCUT2D eigenvalue weighted by Gasteiger charge is -2.23. The van der Waals surface area contributed by atoms with E-state index in [4.69, 9.17) is 28.9 Å². The highest BCUT2D eigenvalue weighted by Gasteiger charge is 2.35. The van der Waals surface area contributed by atoms with E-state index in [2.05, 4.69) is 4.98 Å². The van der Waals surface area contributed by atoms with E-state index in [1.54, 1.807) is 0 Å². The van der Waals surface area contributed by atoms with Crippen LogP contribution >= 0.6 is 23.2 Å². The number of halogens is 4. The normalized spacial score (nSPS) is 15.6. The van der Waals surface area contributed by atoms with Crippen LogP contribution in [0.15, 0.2) is 12.3 Å². The molecule has 2 N–H and O–H groups in total. The molecule has 1 aromatic heterocycles. The molecule has 2 nitrogen and oxygen atoms in total. The molecule has 0 bridgehead atoms. The lowest BCUT2D eigenvalue weighted by molar-refractivity contribution is 0.0602. The largest absolute Gasteiger partial charge is 0.316 e. The number of hydrogen-bond donors (Lipinski definition) is 1. The molecule has 0 aliphatic heterocycles. The minimum absolute atomic E-state index is 0.0443. The van der Waals surface area contributed by atoms with Crippen LogP contribution in [0.25, 0.3) is 0 Å². The second-order valence-electron chi connectivity index (χ2n) is 3.07. The van der Waals surface area contributed by atoms with Crippen molar-refractivity contribution in [2.45, 2.75) is 18.9 Å². The van der Waals surface area contributed by atoms with Crippen LogP contribution in [0.1, 0.15) is 12.6 Å². The van der Waals surface area contributed by atoms with Crippen molar-refractivity contribution in [3.05, 3.63) is 28.0 Å². The fourth-order valence-corrected chi connectivity index (χ4v) is 1.50. The zero-order valence-electron chi connectivity index (χ0n) is 7.27. The van der Waals surface area contributed by atoms with Gasteiger partial charge in [0.1, 0.15) is 5.54 Å². The summed E-state index contributed by atoms with van der Waals surface area (Å²) in [5, 5.41) is 0.326. The highest BCUT2D eigenvalue weighted by molar-refractivity contribution is 6.34. The van der Waals surface area contributed by atoms with Gasteiger partial charge in [0.25, 0.3) is 6.43 Å². The van der Waals surface area contributed by atoms with Gasteiger partial charge < -0.3 is 5.73 Å². The van der Waals surface area contributed by atoms with Crippen molar-refractivity contribution in [3.63, 3.8) is 0 Å². The maximum absolute atomic E-state index is 12.5. The van der Waals surface area contributed by atoms with E-state index >= 15 is 0 Å². The van der Waals surface area contributed by atoms with Gasteiger partial charge in [-0.15, -0.1) is 0 Å². The van der Waals surface area contributed by atoms with Crippen LogP contribution in [0.3, 0.4) is 0 Å². The zero-order valence-corrected chi connectivity index (χ0v) is 8.78. The van der Waals surface area contributed by atoms with Crippen molar-refractivity contribution >= 4 is 23.2 Å². The molecule has 0 saturated heterocycles. The molecule has 1 unspecified atom stereocenters.